The molecule has 1 atom stereocenters. The fraction of sp³-hybridized carbons (Fsp3) is 0.273. The van der Waals surface area contributed by atoms with Gasteiger partial charge in [0, 0.05) is 17.8 Å². The minimum Gasteiger partial charge on any atom is -0.490 e. The van der Waals surface area contributed by atoms with Gasteiger partial charge in [-0.05, 0) is 61.6 Å². The molecule has 1 aliphatic rings. The average Bonchev–Trinajstić information content (AvgIpc) is 3.29. The first-order chi connectivity index (χ1) is 13.1. The SMILES string of the molecule is CC(C)Oc1ccc(-c2ncc(-c3cccc4c3CC[C@@H]4N)s2)cc1C#N.Cl. The highest BCUT2D eigenvalue weighted by Crippen LogP contribution is 2.40. The van der Waals surface area contributed by atoms with Gasteiger partial charge in [-0.2, -0.15) is 5.26 Å². The van der Waals surface area contributed by atoms with Gasteiger partial charge in [-0.15, -0.1) is 23.7 Å². The number of hydrogen-bond acceptors (Lipinski definition) is 5. The topological polar surface area (TPSA) is 71.9 Å². The molecule has 1 aromatic heterocycles. The van der Waals surface area contributed by atoms with E-state index in [-0.39, 0.29) is 24.6 Å². The van der Waals surface area contributed by atoms with Gasteiger partial charge in [-0.3, -0.25) is 0 Å². The van der Waals surface area contributed by atoms with Crippen molar-refractivity contribution in [2.45, 2.75) is 38.8 Å². The van der Waals surface area contributed by atoms with Crippen LogP contribution >= 0.6 is 23.7 Å². The summed E-state index contributed by atoms with van der Waals surface area (Å²) in [6, 6.07) is 14.4. The van der Waals surface area contributed by atoms with E-state index in [0.717, 1.165) is 28.3 Å². The molecule has 6 heteroatoms. The predicted octanol–water partition coefficient (Wildman–Crippen LogP) is 5.50. The lowest BCUT2D eigenvalue weighted by molar-refractivity contribution is 0.242. The lowest BCUT2D eigenvalue weighted by atomic mass is 10.0. The lowest BCUT2D eigenvalue weighted by Gasteiger charge is -2.11. The predicted molar refractivity (Wildman–Crippen MR) is 116 cm³/mol. The Morgan fingerprint density at radius 2 is 2.11 bits per heavy atom. The van der Waals surface area contributed by atoms with Crippen molar-refractivity contribution in [3.05, 3.63) is 59.3 Å². The first-order valence-electron chi connectivity index (χ1n) is 9.11. The quantitative estimate of drug-likeness (QED) is 0.614. The highest BCUT2D eigenvalue weighted by Gasteiger charge is 2.22. The van der Waals surface area contributed by atoms with Gasteiger partial charge in [0.05, 0.1) is 16.5 Å². The maximum Gasteiger partial charge on any atom is 0.137 e. The van der Waals surface area contributed by atoms with E-state index < -0.39 is 0 Å². The van der Waals surface area contributed by atoms with Gasteiger partial charge < -0.3 is 10.5 Å². The van der Waals surface area contributed by atoms with Crippen LogP contribution in [0.2, 0.25) is 0 Å². The summed E-state index contributed by atoms with van der Waals surface area (Å²) in [6.07, 6.45) is 3.96. The third kappa shape index (κ3) is 3.77. The summed E-state index contributed by atoms with van der Waals surface area (Å²) in [5.41, 5.74) is 11.5. The van der Waals surface area contributed by atoms with Crippen LogP contribution < -0.4 is 10.5 Å². The van der Waals surface area contributed by atoms with Gasteiger partial charge in [-0.25, -0.2) is 4.98 Å². The molecule has 4 rings (SSSR count). The van der Waals surface area contributed by atoms with Crippen LogP contribution in [0.4, 0.5) is 0 Å². The molecule has 0 unspecified atom stereocenters. The van der Waals surface area contributed by atoms with E-state index >= 15 is 0 Å². The van der Waals surface area contributed by atoms with Crippen LogP contribution in [-0.4, -0.2) is 11.1 Å². The summed E-state index contributed by atoms with van der Waals surface area (Å²) in [7, 11) is 0. The maximum atomic E-state index is 9.46. The third-order valence-corrected chi connectivity index (χ3v) is 5.88. The van der Waals surface area contributed by atoms with Crippen molar-refractivity contribution in [2.75, 3.05) is 0 Å². The van der Waals surface area contributed by atoms with E-state index in [2.05, 4.69) is 29.3 Å². The van der Waals surface area contributed by atoms with Gasteiger partial charge >= 0.3 is 0 Å². The second-order valence-corrected chi connectivity index (χ2v) is 8.07. The normalized spacial score (nSPS) is 15.0. The van der Waals surface area contributed by atoms with E-state index in [1.54, 1.807) is 11.3 Å². The lowest BCUT2D eigenvalue weighted by Crippen LogP contribution is -2.06. The zero-order chi connectivity index (χ0) is 19.0. The number of thiazole rings is 1. The Morgan fingerprint density at radius 1 is 1.29 bits per heavy atom. The van der Waals surface area contributed by atoms with Gasteiger partial charge in [0.25, 0.3) is 0 Å². The molecule has 144 valence electrons. The van der Waals surface area contributed by atoms with Crippen molar-refractivity contribution in [2.24, 2.45) is 5.73 Å². The second kappa shape index (κ2) is 8.32. The van der Waals surface area contributed by atoms with Crippen molar-refractivity contribution in [3.8, 4) is 32.8 Å². The van der Waals surface area contributed by atoms with Crippen LogP contribution in [0, 0.1) is 11.3 Å². The fourth-order valence-corrected chi connectivity index (χ4v) is 4.52. The number of hydrogen-bond donors (Lipinski definition) is 1. The first-order valence-corrected chi connectivity index (χ1v) is 9.93. The Balaban J connectivity index is 0.00000225. The molecular formula is C22H22ClN3OS. The summed E-state index contributed by atoms with van der Waals surface area (Å²) in [6.45, 7) is 3.90. The van der Waals surface area contributed by atoms with E-state index in [0.29, 0.717) is 11.3 Å². The monoisotopic (exact) mass is 411 g/mol. The average molecular weight is 412 g/mol. The van der Waals surface area contributed by atoms with E-state index in [1.807, 2.05) is 38.2 Å². The molecule has 0 aliphatic heterocycles. The van der Waals surface area contributed by atoms with Gasteiger partial charge in [0.1, 0.15) is 16.8 Å². The molecule has 0 bridgehead atoms. The van der Waals surface area contributed by atoms with E-state index in [4.69, 9.17) is 10.5 Å². The summed E-state index contributed by atoms with van der Waals surface area (Å²) in [4.78, 5) is 5.75. The maximum absolute atomic E-state index is 9.46. The number of nitrogens with two attached hydrogens (primary N) is 1. The number of nitrogens with zero attached hydrogens (tertiary/aromatic N) is 2. The summed E-state index contributed by atoms with van der Waals surface area (Å²) in [5, 5.41) is 10.4. The summed E-state index contributed by atoms with van der Waals surface area (Å²) in [5.74, 6) is 0.614. The van der Waals surface area contributed by atoms with Crippen LogP contribution in [0.15, 0.2) is 42.6 Å². The van der Waals surface area contributed by atoms with E-state index in [1.165, 1.54) is 16.7 Å². The Labute approximate surface area is 175 Å². The number of nitriles is 1. The summed E-state index contributed by atoms with van der Waals surface area (Å²) < 4.78 is 5.71. The van der Waals surface area contributed by atoms with Crippen molar-refractivity contribution in [1.82, 2.24) is 4.98 Å². The molecule has 3 aromatic rings. The largest absolute Gasteiger partial charge is 0.490 e. The number of halogens is 1. The van der Waals surface area contributed by atoms with Crippen molar-refractivity contribution >= 4 is 23.7 Å². The summed E-state index contributed by atoms with van der Waals surface area (Å²) >= 11 is 1.64. The minimum atomic E-state index is 0. The van der Waals surface area contributed by atoms with E-state index in [9.17, 15) is 5.26 Å². The standard InChI is InChI=1S/C22H21N3OS.ClH/c1-13(2)26-20-9-6-14(10-15(20)11-23)22-25-12-21(27-22)18-5-3-4-17-16(18)7-8-19(17)24;/h3-6,9-10,12-13,19H,7-8,24H2,1-2H3;1H/t19-;/m0./s1. The van der Waals surface area contributed by atoms with Gasteiger partial charge in [0.15, 0.2) is 0 Å². The molecule has 28 heavy (non-hydrogen) atoms. The Hall–Kier alpha value is -2.39. The highest BCUT2D eigenvalue weighted by molar-refractivity contribution is 7.18. The molecule has 4 nitrogen and oxygen atoms in total. The smallest absolute Gasteiger partial charge is 0.137 e. The number of benzene rings is 2. The van der Waals surface area contributed by atoms with Crippen LogP contribution in [0.5, 0.6) is 5.75 Å². The Kier molecular flexibility index (Phi) is 6.04. The highest BCUT2D eigenvalue weighted by atomic mass is 35.5. The molecule has 0 saturated carbocycles. The Bertz CT molecular complexity index is 1040. The van der Waals surface area contributed by atoms with Gasteiger partial charge in [-0.1, -0.05) is 18.2 Å². The Morgan fingerprint density at radius 3 is 2.86 bits per heavy atom. The van der Waals surface area contributed by atoms with Crippen LogP contribution in [0.25, 0.3) is 21.0 Å². The first kappa shape index (κ1) is 20.3. The van der Waals surface area contributed by atoms with Crippen LogP contribution in [0.3, 0.4) is 0 Å². The number of aromatic nitrogens is 1. The van der Waals surface area contributed by atoms with Crippen LogP contribution in [-0.2, 0) is 6.42 Å². The molecule has 0 saturated heterocycles. The van der Waals surface area contributed by atoms with Gasteiger partial charge in [0.2, 0.25) is 0 Å². The van der Waals surface area contributed by atoms with Crippen LogP contribution in [0.1, 0.15) is 43.0 Å². The molecule has 1 aliphatic carbocycles. The van der Waals surface area contributed by atoms with Crippen molar-refractivity contribution < 1.29 is 4.74 Å². The third-order valence-electron chi connectivity index (χ3n) is 4.80. The molecule has 0 spiro atoms. The fourth-order valence-electron chi connectivity index (χ4n) is 3.56. The molecule has 2 aromatic carbocycles. The molecule has 2 N–H and O–H groups in total. The molecular weight excluding hydrogens is 390 g/mol. The number of fused-ring (bicyclic) bond motifs is 1. The molecule has 0 amide bonds. The number of rotatable bonds is 4. The zero-order valence-corrected chi connectivity index (χ0v) is 17.4. The van der Waals surface area contributed by atoms with Crippen molar-refractivity contribution in [1.29, 1.82) is 5.26 Å². The number of ether oxygens (including phenoxy) is 1. The van der Waals surface area contributed by atoms with Crippen molar-refractivity contribution in [3.63, 3.8) is 0 Å². The second-order valence-electron chi connectivity index (χ2n) is 7.04. The molecule has 1 heterocycles. The minimum absolute atomic E-state index is 0. The molecule has 0 radical (unpaired) electrons. The zero-order valence-electron chi connectivity index (χ0n) is 15.8. The molecule has 0 fully saturated rings.